The number of aromatic nitrogens is 4. The number of rotatable bonds is 5. The maximum Gasteiger partial charge on any atom is 0.354 e. The number of nitrogens with zero attached hydrogens (tertiary/aromatic N) is 4. The molecule has 0 aromatic carbocycles. The van der Waals surface area contributed by atoms with Gasteiger partial charge in [0.05, 0.1) is 29.4 Å². The van der Waals surface area contributed by atoms with Crippen LogP contribution in [0.15, 0.2) is 18.6 Å². The summed E-state index contributed by atoms with van der Waals surface area (Å²) >= 11 is 0. The predicted octanol–water partition coefficient (Wildman–Crippen LogP) is 0.446. The summed E-state index contributed by atoms with van der Waals surface area (Å²) in [7, 11) is -2.13. The highest BCUT2D eigenvalue weighted by Gasteiger charge is 2.37. The minimum absolute atomic E-state index is 0.00332. The molecule has 1 N–H and O–H groups in total. The van der Waals surface area contributed by atoms with Crippen LogP contribution in [-0.2, 0) is 17.2 Å². The lowest BCUT2D eigenvalue weighted by atomic mass is 10.2. The van der Waals surface area contributed by atoms with E-state index in [1.807, 2.05) is 0 Å². The van der Waals surface area contributed by atoms with Gasteiger partial charge in [0, 0.05) is 7.05 Å². The summed E-state index contributed by atoms with van der Waals surface area (Å²) in [6.45, 7) is 0. The van der Waals surface area contributed by atoms with E-state index in [0.717, 1.165) is 0 Å². The van der Waals surface area contributed by atoms with Gasteiger partial charge >= 0.3 is 16.1 Å². The molecule has 0 aliphatic heterocycles. The zero-order valence-electron chi connectivity index (χ0n) is 11.5. The lowest BCUT2D eigenvalue weighted by molar-refractivity contribution is 0.0685. The Balaban J connectivity index is 1.87. The zero-order chi connectivity index (χ0) is 15.9. The van der Waals surface area contributed by atoms with Crippen molar-refractivity contribution in [3.05, 3.63) is 24.3 Å². The Morgan fingerprint density at radius 2 is 1.95 bits per heavy atom. The lowest BCUT2D eigenvalue weighted by Crippen LogP contribution is -2.14. The molecule has 0 unspecified atom stereocenters. The molecule has 0 spiro atoms. The molecule has 1 aliphatic carbocycles. The first-order valence-electron chi connectivity index (χ1n) is 6.39. The van der Waals surface area contributed by atoms with Gasteiger partial charge in [0.15, 0.2) is 17.3 Å². The summed E-state index contributed by atoms with van der Waals surface area (Å²) in [5, 5.41) is 12.6. The summed E-state index contributed by atoms with van der Waals surface area (Å²) in [6, 6.07) is 0. The molecule has 2 aromatic heterocycles. The first-order chi connectivity index (χ1) is 10.4. The summed E-state index contributed by atoms with van der Waals surface area (Å²) in [6.07, 6.45) is 4.92. The number of carboxylic acids is 1. The summed E-state index contributed by atoms with van der Waals surface area (Å²) in [5.74, 6) is -1.03. The average molecular weight is 324 g/mol. The van der Waals surface area contributed by atoms with Crippen LogP contribution in [0.2, 0.25) is 0 Å². The molecule has 1 fully saturated rings. The van der Waals surface area contributed by atoms with Crippen molar-refractivity contribution >= 4 is 16.1 Å². The Hall–Kier alpha value is -2.49. The van der Waals surface area contributed by atoms with Crippen molar-refractivity contribution in [3.63, 3.8) is 0 Å². The predicted molar refractivity (Wildman–Crippen MR) is 73.8 cm³/mol. The van der Waals surface area contributed by atoms with Gasteiger partial charge in [0.25, 0.3) is 0 Å². The highest BCUT2D eigenvalue weighted by molar-refractivity contribution is 7.88. The number of carbonyl (C=O) groups is 1. The summed E-state index contributed by atoms with van der Waals surface area (Å²) in [4.78, 5) is 19.1. The Morgan fingerprint density at radius 1 is 1.32 bits per heavy atom. The minimum atomic E-state index is -3.63. The normalized spacial score (nSPS) is 14.8. The fraction of sp³-hybridized carbons (Fsp3) is 0.333. The molecule has 3 rings (SSSR count). The van der Waals surface area contributed by atoms with Crippen molar-refractivity contribution in [3.8, 4) is 17.1 Å². The van der Waals surface area contributed by atoms with Gasteiger partial charge in [0.2, 0.25) is 0 Å². The van der Waals surface area contributed by atoms with Gasteiger partial charge in [-0.2, -0.15) is 13.5 Å². The Labute approximate surface area is 125 Å². The van der Waals surface area contributed by atoms with Gasteiger partial charge in [-0.3, -0.25) is 4.68 Å². The topological polar surface area (TPSA) is 124 Å². The smallest absolute Gasteiger partial charge is 0.354 e. The number of hydrogen-bond acceptors (Lipinski definition) is 7. The summed E-state index contributed by atoms with van der Waals surface area (Å²) in [5.41, 5.74) is 0.186. The molecular formula is C12H12N4O5S. The van der Waals surface area contributed by atoms with E-state index in [4.69, 9.17) is 9.29 Å². The third-order valence-corrected chi connectivity index (χ3v) is 4.87. The van der Waals surface area contributed by atoms with Crippen LogP contribution in [0.1, 0.15) is 23.3 Å². The van der Waals surface area contributed by atoms with Crippen molar-refractivity contribution in [1.82, 2.24) is 19.7 Å². The second kappa shape index (κ2) is 5.05. The molecule has 0 atom stereocenters. The number of carboxylic acid groups (broad SMARTS) is 1. The molecule has 116 valence electrons. The van der Waals surface area contributed by atoms with E-state index in [1.165, 1.54) is 30.3 Å². The molecule has 10 heteroatoms. The quantitative estimate of drug-likeness (QED) is 0.786. The minimum Gasteiger partial charge on any atom is -0.477 e. The molecule has 2 heterocycles. The van der Waals surface area contributed by atoms with Gasteiger partial charge in [-0.1, -0.05) is 0 Å². The van der Waals surface area contributed by atoms with Gasteiger partial charge in [-0.05, 0) is 12.8 Å². The first kappa shape index (κ1) is 14.4. The van der Waals surface area contributed by atoms with Crippen molar-refractivity contribution in [2.75, 3.05) is 0 Å². The monoisotopic (exact) mass is 324 g/mol. The van der Waals surface area contributed by atoms with Crippen molar-refractivity contribution in [2.45, 2.75) is 18.1 Å². The standard InChI is InChI=1S/C12H12N4O5S/c1-16-10(12(17)18)9(6-15-16)11-13-4-7(5-14-11)21-22(19,20)8-2-3-8/h4-6,8H,2-3H2,1H3,(H,17,18). The van der Waals surface area contributed by atoms with Crippen LogP contribution < -0.4 is 4.18 Å². The molecule has 2 aromatic rings. The van der Waals surface area contributed by atoms with Crippen LogP contribution in [0.3, 0.4) is 0 Å². The Morgan fingerprint density at radius 3 is 2.50 bits per heavy atom. The van der Waals surface area contributed by atoms with Crippen LogP contribution in [0.4, 0.5) is 0 Å². The molecule has 0 amide bonds. The molecule has 0 bridgehead atoms. The van der Waals surface area contributed by atoms with E-state index in [0.29, 0.717) is 12.8 Å². The van der Waals surface area contributed by atoms with Crippen molar-refractivity contribution in [1.29, 1.82) is 0 Å². The fourth-order valence-corrected chi connectivity index (χ4v) is 3.12. The molecule has 0 saturated heterocycles. The van der Waals surface area contributed by atoms with Crippen molar-refractivity contribution in [2.24, 2.45) is 7.05 Å². The highest BCUT2D eigenvalue weighted by Crippen LogP contribution is 2.30. The van der Waals surface area contributed by atoms with E-state index >= 15 is 0 Å². The lowest BCUT2D eigenvalue weighted by Gasteiger charge is -2.05. The van der Waals surface area contributed by atoms with E-state index in [9.17, 15) is 13.2 Å². The number of aryl methyl sites for hydroxylation is 1. The van der Waals surface area contributed by atoms with E-state index in [1.54, 1.807) is 0 Å². The molecule has 22 heavy (non-hydrogen) atoms. The van der Waals surface area contributed by atoms with Gasteiger partial charge in [-0.25, -0.2) is 14.8 Å². The molecule has 9 nitrogen and oxygen atoms in total. The maximum atomic E-state index is 11.7. The van der Waals surface area contributed by atoms with Crippen molar-refractivity contribution < 1.29 is 22.5 Å². The molecule has 1 saturated carbocycles. The van der Waals surface area contributed by atoms with Crippen LogP contribution >= 0.6 is 0 Å². The fourth-order valence-electron chi connectivity index (χ4n) is 1.91. The van der Waals surface area contributed by atoms with Crippen LogP contribution in [0.25, 0.3) is 11.4 Å². The second-order valence-electron chi connectivity index (χ2n) is 4.85. The van der Waals surface area contributed by atoms with E-state index < -0.39 is 21.3 Å². The van der Waals surface area contributed by atoms with E-state index in [-0.39, 0.29) is 22.8 Å². The van der Waals surface area contributed by atoms with E-state index in [2.05, 4.69) is 15.1 Å². The first-order valence-corrected chi connectivity index (χ1v) is 7.86. The average Bonchev–Trinajstić information content (AvgIpc) is 3.23. The number of hydrogen-bond donors (Lipinski definition) is 1. The van der Waals surface area contributed by atoms with Gasteiger partial charge in [-0.15, -0.1) is 0 Å². The largest absolute Gasteiger partial charge is 0.477 e. The van der Waals surface area contributed by atoms with Crippen LogP contribution in [0.5, 0.6) is 5.75 Å². The number of aromatic carboxylic acids is 1. The Kier molecular flexibility index (Phi) is 3.32. The molecular weight excluding hydrogens is 312 g/mol. The third-order valence-electron chi connectivity index (χ3n) is 3.16. The molecule has 0 radical (unpaired) electrons. The SMILES string of the molecule is Cn1ncc(-c2ncc(OS(=O)(=O)C3CC3)cn2)c1C(=O)O. The Bertz CT molecular complexity index is 824. The third kappa shape index (κ3) is 2.64. The van der Waals surface area contributed by atoms with Gasteiger partial charge in [0.1, 0.15) is 0 Å². The summed E-state index contributed by atoms with van der Waals surface area (Å²) < 4.78 is 29.5. The second-order valence-corrected chi connectivity index (χ2v) is 6.67. The van der Waals surface area contributed by atoms with Gasteiger partial charge < -0.3 is 9.29 Å². The maximum absolute atomic E-state index is 11.7. The zero-order valence-corrected chi connectivity index (χ0v) is 12.3. The highest BCUT2D eigenvalue weighted by atomic mass is 32.2. The molecule has 1 aliphatic rings. The van der Waals surface area contributed by atoms with Crippen LogP contribution in [0, 0.1) is 0 Å². The van der Waals surface area contributed by atoms with Crippen LogP contribution in [-0.4, -0.2) is 44.5 Å².